The molecule has 130 valence electrons. The van der Waals surface area contributed by atoms with E-state index in [2.05, 4.69) is 5.32 Å². The van der Waals surface area contributed by atoms with Crippen LogP contribution in [0.3, 0.4) is 0 Å². The van der Waals surface area contributed by atoms with Crippen molar-refractivity contribution in [2.24, 2.45) is 11.7 Å². The van der Waals surface area contributed by atoms with E-state index in [1.807, 2.05) is 6.92 Å². The standard InChI is InChI=1S/C16H23ClN2O3.ClH/c1-3-6-22-15-12(17)7-11(8-14(15)21-2)16(20)19-13(9-18)10-4-5-10;/h7-8,10,13H,3-6,9,18H2,1-2H3,(H,19,20);1H. The van der Waals surface area contributed by atoms with Crippen LogP contribution in [-0.4, -0.2) is 32.2 Å². The summed E-state index contributed by atoms with van der Waals surface area (Å²) in [6, 6.07) is 3.27. The molecule has 0 saturated heterocycles. The van der Waals surface area contributed by atoms with Crippen molar-refractivity contribution in [3.05, 3.63) is 22.7 Å². The fourth-order valence-corrected chi connectivity index (χ4v) is 2.58. The van der Waals surface area contributed by atoms with Gasteiger partial charge in [-0.25, -0.2) is 0 Å². The second-order valence-corrected chi connectivity index (χ2v) is 5.90. The highest BCUT2D eigenvalue weighted by Gasteiger charge is 2.31. The molecular formula is C16H24Cl2N2O3. The van der Waals surface area contributed by atoms with E-state index >= 15 is 0 Å². The number of amides is 1. The van der Waals surface area contributed by atoms with E-state index in [0.29, 0.717) is 41.2 Å². The third kappa shape index (κ3) is 5.16. The summed E-state index contributed by atoms with van der Waals surface area (Å²) in [4.78, 5) is 12.4. The average Bonchev–Trinajstić information content (AvgIpc) is 3.35. The summed E-state index contributed by atoms with van der Waals surface area (Å²) in [6.07, 6.45) is 3.10. The van der Waals surface area contributed by atoms with Crippen molar-refractivity contribution < 1.29 is 14.3 Å². The topological polar surface area (TPSA) is 73.6 Å². The minimum atomic E-state index is -0.190. The van der Waals surface area contributed by atoms with Gasteiger partial charge in [0.1, 0.15) is 0 Å². The quantitative estimate of drug-likeness (QED) is 0.745. The Morgan fingerprint density at radius 1 is 1.48 bits per heavy atom. The zero-order valence-electron chi connectivity index (χ0n) is 13.4. The first-order valence-electron chi connectivity index (χ1n) is 7.62. The van der Waals surface area contributed by atoms with Gasteiger partial charge in [-0.15, -0.1) is 12.4 Å². The molecule has 2 rings (SSSR count). The summed E-state index contributed by atoms with van der Waals surface area (Å²) in [5.74, 6) is 1.24. The Kier molecular flexibility index (Phi) is 7.95. The Labute approximate surface area is 148 Å². The number of methoxy groups -OCH3 is 1. The van der Waals surface area contributed by atoms with Gasteiger partial charge in [0.2, 0.25) is 0 Å². The first kappa shape index (κ1) is 19.9. The lowest BCUT2D eigenvalue weighted by molar-refractivity contribution is 0.0933. The Bertz CT molecular complexity index is 536. The van der Waals surface area contributed by atoms with E-state index < -0.39 is 0 Å². The Morgan fingerprint density at radius 2 is 2.17 bits per heavy atom. The first-order valence-corrected chi connectivity index (χ1v) is 7.99. The van der Waals surface area contributed by atoms with E-state index in [1.54, 1.807) is 12.1 Å². The Morgan fingerprint density at radius 3 is 2.70 bits per heavy atom. The van der Waals surface area contributed by atoms with Gasteiger partial charge in [-0.1, -0.05) is 18.5 Å². The minimum Gasteiger partial charge on any atom is -0.493 e. The molecule has 0 heterocycles. The van der Waals surface area contributed by atoms with Crippen LogP contribution < -0.4 is 20.5 Å². The molecular weight excluding hydrogens is 339 g/mol. The Balaban J connectivity index is 0.00000264. The number of halogens is 2. The van der Waals surface area contributed by atoms with Crippen LogP contribution in [0.25, 0.3) is 0 Å². The van der Waals surface area contributed by atoms with Crippen LogP contribution in [0.1, 0.15) is 36.5 Å². The van der Waals surface area contributed by atoms with Crippen molar-refractivity contribution in [3.63, 3.8) is 0 Å². The lowest BCUT2D eigenvalue weighted by Crippen LogP contribution is -2.41. The molecule has 0 spiro atoms. The zero-order valence-corrected chi connectivity index (χ0v) is 15.0. The van der Waals surface area contributed by atoms with Crippen LogP contribution >= 0.6 is 24.0 Å². The summed E-state index contributed by atoms with van der Waals surface area (Å²) in [5.41, 5.74) is 6.17. The Hall–Kier alpha value is -1.17. The van der Waals surface area contributed by atoms with Crippen molar-refractivity contribution in [2.75, 3.05) is 20.3 Å². The van der Waals surface area contributed by atoms with Gasteiger partial charge in [0.25, 0.3) is 5.91 Å². The minimum absolute atomic E-state index is 0. The maximum absolute atomic E-state index is 12.4. The largest absolute Gasteiger partial charge is 0.493 e. The number of carbonyl (C=O) groups is 1. The molecule has 1 atom stereocenters. The third-order valence-corrected chi connectivity index (χ3v) is 3.98. The van der Waals surface area contributed by atoms with Gasteiger partial charge < -0.3 is 20.5 Å². The van der Waals surface area contributed by atoms with Crippen LogP contribution in [0.5, 0.6) is 11.5 Å². The second kappa shape index (κ2) is 9.21. The van der Waals surface area contributed by atoms with Crippen molar-refractivity contribution in [1.82, 2.24) is 5.32 Å². The van der Waals surface area contributed by atoms with Crippen LogP contribution in [-0.2, 0) is 0 Å². The fourth-order valence-electron chi connectivity index (χ4n) is 2.31. The molecule has 5 nitrogen and oxygen atoms in total. The summed E-state index contributed by atoms with van der Waals surface area (Å²) in [6.45, 7) is 2.99. The monoisotopic (exact) mass is 362 g/mol. The van der Waals surface area contributed by atoms with Crippen molar-refractivity contribution in [3.8, 4) is 11.5 Å². The van der Waals surface area contributed by atoms with Gasteiger partial charge in [0, 0.05) is 18.2 Å². The molecule has 1 aromatic carbocycles. The summed E-state index contributed by atoms with van der Waals surface area (Å²) in [5, 5.41) is 3.34. The van der Waals surface area contributed by atoms with Gasteiger partial charge in [0.05, 0.1) is 18.7 Å². The van der Waals surface area contributed by atoms with Crippen LogP contribution in [0, 0.1) is 5.92 Å². The molecule has 1 unspecified atom stereocenters. The van der Waals surface area contributed by atoms with E-state index in [9.17, 15) is 4.79 Å². The molecule has 7 heteroatoms. The fraction of sp³-hybridized carbons (Fsp3) is 0.562. The number of hydrogen-bond donors (Lipinski definition) is 2. The van der Waals surface area contributed by atoms with Crippen molar-refractivity contribution in [2.45, 2.75) is 32.2 Å². The molecule has 23 heavy (non-hydrogen) atoms. The van der Waals surface area contributed by atoms with E-state index in [0.717, 1.165) is 19.3 Å². The lowest BCUT2D eigenvalue weighted by Gasteiger charge is -2.17. The maximum atomic E-state index is 12.4. The number of rotatable bonds is 8. The SMILES string of the molecule is CCCOc1c(Cl)cc(C(=O)NC(CN)C2CC2)cc1OC.Cl. The summed E-state index contributed by atoms with van der Waals surface area (Å²) < 4.78 is 10.9. The molecule has 0 aromatic heterocycles. The highest BCUT2D eigenvalue weighted by atomic mass is 35.5. The second-order valence-electron chi connectivity index (χ2n) is 5.49. The molecule has 1 aromatic rings. The maximum Gasteiger partial charge on any atom is 0.251 e. The molecule has 1 fully saturated rings. The lowest BCUT2D eigenvalue weighted by atomic mass is 10.1. The van der Waals surface area contributed by atoms with Crippen molar-refractivity contribution >= 4 is 29.9 Å². The molecule has 0 bridgehead atoms. The number of carbonyl (C=O) groups excluding carboxylic acids is 1. The summed E-state index contributed by atoms with van der Waals surface area (Å²) in [7, 11) is 1.53. The highest BCUT2D eigenvalue weighted by Crippen LogP contribution is 2.37. The summed E-state index contributed by atoms with van der Waals surface area (Å²) >= 11 is 6.23. The normalized spacial score (nSPS) is 14.6. The molecule has 1 amide bonds. The number of nitrogens with one attached hydrogen (secondary N) is 1. The van der Waals surface area contributed by atoms with Gasteiger partial charge in [0.15, 0.2) is 11.5 Å². The van der Waals surface area contributed by atoms with Gasteiger partial charge in [-0.2, -0.15) is 0 Å². The third-order valence-electron chi connectivity index (χ3n) is 3.70. The number of nitrogens with two attached hydrogens (primary N) is 1. The molecule has 0 radical (unpaired) electrons. The number of ether oxygens (including phenoxy) is 2. The first-order chi connectivity index (χ1) is 10.6. The van der Waals surface area contributed by atoms with Gasteiger partial charge in [-0.05, 0) is 37.3 Å². The van der Waals surface area contributed by atoms with Crippen LogP contribution in [0.4, 0.5) is 0 Å². The molecule has 1 aliphatic rings. The smallest absolute Gasteiger partial charge is 0.251 e. The zero-order chi connectivity index (χ0) is 16.1. The predicted octanol–water partition coefficient (Wildman–Crippen LogP) is 3.03. The van der Waals surface area contributed by atoms with E-state index in [-0.39, 0.29) is 24.4 Å². The average molecular weight is 363 g/mol. The highest BCUT2D eigenvalue weighted by molar-refractivity contribution is 6.32. The predicted molar refractivity (Wildman–Crippen MR) is 94.1 cm³/mol. The van der Waals surface area contributed by atoms with E-state index in [1.165, 1.54) is 7.11 Å². The van der Waals surface area contributed by atoms with Gasteiger partial charge in [-0.3, -0.25) is 4.79 Å². The molecule has 0 aliphatic heterocycles. The van der Waals surface area contributed by atoms with Gasteiger partial charge >= 0.3 is 0 Å². The number of hydrogen-bond acceptors (Lipinski definition) is 4. The van der Waals surface area contributed by atoms with Crippen molar-refractivity contribution in [1.29, 1.82) is 0 Å². The molecule has 1 aliphatic carbocycles. The molecule has 3 N–H and O–H groups in total. The number of benzene rings is 1. The molecule has 1 saturated carbocycles. The van der Waals surface area contributed by atoms with Crippen LogP contribution in [0.2, 0.25) is 5.02 Å². The van der Waals surface area contributed by atoms with Crippen LogP contribution in [0.15, 0.2) is 12.1 Å². The van der Waals surface area contributed by atoms with E-state index in [4.69, 9.17) is 26.8 Å².